The summed E-state index contributed by atoms with van der Waals surface area (Å²) in [5.41, 5.74) is 9.08. The summed E-state index contributed by atoms with van der Waals surface area (Å²) in [4.78, 5) is 4.48. The van der Waals surface area contributed by atoms with E-state index >= 15 is 0 Å². The van der Waals surface area contributed by atoms with E-state index in [1.54, 1.807) is 0 Å². The molecule has 3 N–H and O–H groups in total. The van der Waals surface area contributed by atoms with Crippen LogP contribution >= 0.6 is 0 Å². The second-order valence-corrected chi connectivity index (χ2v) is 4.99. The van der Waals surface area contributed by atoms with Gasteiger partial charge in [0, 0.05) is 12.1 Å². The van der Waals surface area contributed by atoms with E-state index in [2.05, 4.69) is 16.4 Å². The standard InChI is InChI=1S/C17H17N5/c1-3-8-21-17-14(10-19)15(20)13(9-18)16(22-17)12-6-4-11(2)5-7-12/h4-7H,3,8H2,1-2H3,(H3,20,21,22). The predicted molar refractivity (Wildman–Crippen MR) is 87.0 cm³/mol. The highest BCUT2D eigenvalue weighted by molar-refractivity contribution is 5.81. The average molecular weight is 291 g/mol. The van der Waals surface area contributed by atoms with Crippen LogP contribution in [-0.2, 0) is 0 Å². The topological polar surface area (TPSA) is 98.5 Å². The molecule has 5 heteroatoms. The summed E-state index contributed by atoms with van der Waals surface area (Å²) in [6.45, 7) is 4.69. The maximum atomic E-state index is 9.40. The van der Waals surface area contributed by atoms with Gasteiger partial charge in [0.25, 0.3) is 0 Å². The fourth-order valence-corrected chi connectivity index (χ4v) is 2.12. The first kappa shape index (κ1) is 15.3. The van der Waals surface area contributed by atoms with E-state index < -0.39 is 0 Å². The first-order valence-electron chi connectivity index (χ1n) is 7.07. The largest absolute Gasteiger partial charge is 0.396 e. The van der Waals surface area contributed by atoms with E-state index in [-0.39, 0.29) is 16.8 Å². The quantitative estimate of drug-likeness (QED) is 0.901. The number of benzene rings is 1. The van der Waals surface area contributed by atoms with E-state index in [9.17, 15) is 10.5 Å². The third-order valence-electron chi connectivity index (χ3n) is 3.33. The number of nitrogens with two attached hydrogens (primary N) is 1. The molecule has 1 heterocycles. The molecule has 0 aliphatic carbocycles. The smallest absolute Gasteiger partial charge is 0.146 e. The maximum absolute atomic E-state index is 9.40. The van der Waals surface area contributed by atoms with Crippen LogP contribution in [0.2, 0.25) is 0 Å². The van der Waals surface area contributed by atoms with Crippen molar-refractivity contribution in [3.63, 3.8) is 0 Å². The summed E-state index contributed by atoms with van der Waals surface area (Å²) in [6, 6.07) is 11.8. The summed E-state index contributed by atoms with van der Waals surface area (Å²) in [5, 5.41) is 21.8. The predicted octanol–water partition coefficient (Wildman–Crippen LogP) is 3.20. The highest BCUT2D eigenvalue weighted by atomic mass is 15.0. The third kappa shape index (κ3) is 2.84. The third-order valence-corrected chi connectivity index (χ3v) is 3.33. The molecule has 0 bridgehead atoms. The van der Waals surface area contributed by atoms with Crippen molar-refractivity contribution in [3.8, 4) is 23.4 Å². The van der Waals surface area contributed by atoms with Crippen molar-refractivity contribution >= 4 is 11.5 Å². The molecule has 0 aliphatic rings. The van der Waals surface area contributed by atoms with Crippen LogP contribution in [0.15, 0.2) is 24.3 Å². The number of hydrogen-bond donors (Lipinski definition) is 2. The highest BCUT2D eigenvalue weighted by Gasteiger charge is 2.18. The highest BCUT2D eigenvalue weighted by Crippen LogP contribution is 2.31. The van der Waals surface area contributed by atoms with E-state index in [0.717, 1.165) is 17.5 Å². The van der Waals surface area contributed by atoms with Crippen LogP contribution in [0.1, 0.15) is 30.0 Å². The number of rotatable bonds is 4. The van der Waals surface area contributed by atoms with Crippen molar-refractivity contribution in [2.75, 3.05) is 17.6 Å². The summed E-state index contributed by atoms with van der Waals surface area (Å²) in [5.74, 6) is 0.427. The van der Waals surface area contributed by atoms with Crippen molar-refractivity contribution < 1.29 is 0 Å². The Labute approximate surface area is 130 Å². The minimum atomic E-state index is 0.175. The summed E-state index contributed by atoms with van der Waals surface area (Å²) >= 11 is 0. The van der Waals surface area contributed by atoms with Crippen LogP contribution in [0.4, 0.5) is 11.5 Å². The Morgan fingerprint density at radius 1 is 1.14 bits per heavy atom. The van der Waals surface area contributed by atoms with Crippen LogP contribution in [0.25, 0.3) is 11.3 Å². The van der Waals surface area contributed by atoms with Gasteiger partial charge < -0.3 is 11.1 Å². The Balaban J connectivity index is 2.67. The zero-order valence-electron chi connectivity index (χ0n) is 12.6. The molecule has 2 aromatic rings. The molecular weight excluding hydrogens is 274 g/mol. The normalized spacial score (nSPS) is 9.82. The number of pyridine rings is 1. The van der Waals surface area contributed by atoms with Crippen molar-refractivity contribution in [1.29, 1.82) is 10.5 Å². The van der Waals surface area contributed by atoms with Gasteiger partial charge in [-0.05, 0) is 13.3 Å². The molecule has 0 saturated heterocycles. The van der Waals surface area contributed by atoms with Gasteiger partial charge in [0.1, 0.15) is 29.1 Å². The van der Waals surface area contributed by atoms with Crippen LogP contribution in [0, 0.1) is 29.6 Å². The molecule has 0 aliphatic heterocycles. The fourth-order valence-electron chi connectivity index (χ4n) is 2.12. The lowest BCUT2D eigenvalue weighted by Crippen LogP contribution is -2.09. The van der Waals surface area contributed by atoms with Crippen LogP contribution in [-0.4, -0.2) is 11.5 Å². The van der Waals surface area contributed by atoms with Gasteiger partial charge in [0.15, 0.2) is 0 Å². The van der Waals surface area contributed by atoms with E-state index in [4.69, 9.17) is 5.73 Å². The molecule has 22 heavy (non-hydrogen) atoms. The van der Waals surface area contributed by atoms with Gasteiger partial charge in [0.05, 0.1) is 11.4 Å². The van der Waals surface area contributed by atoms with Crippen LogP contribution < -0.4 is 11.1 Å². The molecule has 0 spiro atoms. The molecule has 110 valence electrons. The number of nitrogens with one attached hydrogen (secondary N) is 1. The van der Waals surface area contributed by atoms with Crippen molar-refractivity contribution in [2.24, 2.45) is 0 Å². The number of anilines is 2. The number of hydrogen-bond acceptors (Lipinski definition) is 5. The van der Waals surface area contributed by atoms with Gasteiger partial charge in [-0.15, -0.1) is 0 Å². The van der Waals surface area contributed by atoms with Crippen LogP contribution in [0.5, 0.6) is 0 Å². The van der Waals surface area contributed by atoms with E-state index in [1.807, 2.05) is 44.2 Å². The first-order chi connectivity index (χ1) is 10.6. The minimum absolute atomic E-state index is 0.175. The molecule has 2 rings (SSSR count). The minimum Gasteiger partial charge on any atom is -0.396 e. The second kappa shape index (κ2) is 6.60. The van der Waals surface area contributed by atoms with Crippen molar-refractivity contribution in [2.45, 2.75) is 20.3 Å². The molecule has 1 aromatic carbocycles. The molecule has 0 atom stereocenters. The van der Waals surface area contributed by atoms with Crippen molar-refractivity contribution in [3.05, 3.63) is 41.0 Å². The summed E-state index contributed by atoms with van der Waals surface area (Å²) in [7, 11) is 0. The number of nitrogen functional groups attached to an aromatic ring is 1. The lowest BCUT2D eigenvalue weighted by Gasteiger charge is -2.13. The lowest BCUT2D eigenvalue weighted by atomic mass is 10.0. The zero-order chi connectivity index (χ0) is 16.1. The molecule has 5 nitrogen and oxygen atoms in total. The molecule has 0 radical (unpaired) electrons. The number of nitrogens with zero attached hydrogens (tertiary/aromatic N) is 3. The molecular formula is C17H17N5. The van der Waals surface area contributed by atoms with Gasteiger partial charge in [-0.25, -0.2) is 4.98 Å². The Bertz CT molecular complexity index is 764. The van der Waals surface area contributed by atoms with E-state index in [0.29, 0.717) is 18.1 Å². The van der Waals surface area contributed by atoms with Gasteiger partial charge in [0.2, 0.25) is 0 Å². The lowest BCUT2D eigenvalue weighted by molar-refractivity contribution is 0.968. The molecule has 0 amide bonds. The molecule has 0 fully saturated rings. The summed E-state index contributed by atoms with van der Waals surface area (Å²) < 4.78 is 0. The second-order valence-electron chi connectivity index (χ2n) is 4.99. The first-order valence-corrected chi connectivity index (χ1v) is 7.07. The van der Waals surface area contributed by atoms with E-state index in [1.165, 1.54) is 0 Å². The monoisotopic (exact) mass is 291 g/mol. The molecule has 1 aromatic heterocycles. The fraction of sp³-hybridized carbons (Fsp3) is 0.235. The Hall–Kier alpha value is -3.05. The summed E-state index contributed by atoms with van der Waals surface area (Å²) in [6.07, 6.45) is 0.895. The molecule has 0 unspecified atom stereocenters. The van der Waals surface area contributed by atoms with Gasteiger partial charge >= 0.3 is 0 Å². The van der Waals surface area contributed by atoms with Gasteiger partial charge in [-0.1, -0.05) is 36.8 Å². The Morgan fingerprint density at radius 2 is 1.77 bits per heavy atom. The number of nitriles is 2. The molecule has 0 saturated carbocycles. The maximum Gasteiger partial charge on any atom is 0.146 e. The zero-order valence-corrected chi connectivity index (χ0v) is 12.6. The Morgan fingerprint density at radius 3 is 2.32 bits per heavy atom. The number of aromatic nitrogens is 1. The van der Waals surface area contributed by atoms with Gasteiger partial charge in [-0.3, -0.25) is 0 Å². The average Bonchev–Trinajstić information content (AvgIpc) is 2.53. The SMILES string of the molecule is CCCNc1nc(-c2ccc(C)cc2)c(C#N)c(N)c1C#N. The number of aryl methyl sites for hydroxylation is 1. The van der Waals surface area contributed by atoms with Crippen molar-refractivity contribution in [1.82, 2.24) is 4.98 Å². The van der Waals surface area contributed by atoms with Gasteiger partial charge in [-0.2, -0.15) is 10.5 Å². The van der Waals surface area contributed by atoms with Crippen LogP contribution in [0.3, 0.4) is 0 Å². The Kier molecular flexibility index (Phi) is 4.60.